The fourth-order valence-corrected chi connectivity index (χ4v) is 2.34. The van der Waals surface area contributed by atoms with Crippen LogP contribution in [0.5, 0.6) is 11.5 Å². The van der Waals surface area contributed by atoms with Gasteiger partial charge in [0.15, 0.2) is 11.5 Å². The summed E-state index contributed by atoms with van der Waals surface area (Å²) < 4.78 is 13.2. The van der Waals surface area contributed by atoms with Gasteiger partial charge < -0.3 is 14.0 Å². The lowest BCUT2D eigenvalue weighted by Gasteiger charge is -2.21. The van der Waals surface area contributed by atoms with Gasteiger partial charge in [0.1, 0.15) is 19.0 Å². The van der Waals surface area contributed by atoms with Gasteiger partial charge in [0, 0.05) is 26.0 Å². The van der Waals surface area contributed by atoms with E-state index in [9.17, 15) is 0 Å². The van der Waals surface area contributed by atoms with E-state index in [1.54, 1.807) is 0 Å². The van der Waals surface area contributed by atoms with E-state index in [4.69, 9.17) is 9.47 Å². The lowest BCUT2D eigenvalue weighted by Crippen LogP contribution is -2.20. The molecule has 2 heterocycles. The molecule has 1 aliphatic rings. The number of ether oxygens (including phenoxy) is 2. The summed E-state index contributed by atoms with van der Waals surface area (Å²) in [6.45, 7) is 2.92. The van der Waals surface area contributed by atoms with Crippen LogP contribution in [0.1, 0.15) is 11.4 Å². The summed E-state index contributed by atoms with van der Waals surface area (Å²) in [5.74, 6) is 2.75. The fourth-order valence-electron chi connectivity index (χ4n) is 2.34. The first-order valence-electron chi connectivity index (χ1n) is 6.75. The third-order valence-corrected chi connectivity index (χ3v) is 3.39. The highest BCUT2D eigenvalue weighted by atomic mass is 16.6. The van der Waals surface area contributed by atoms with Gasteiger partial charge in [0.05, 0.1) is 6.54 Å². The summed E-state index contributed by atoms with van der Waals surface area (Å²) in [7, 11) is 4.10. The van der Waals surface area contributed by atoms with Crippen molar-refractivity contribution in [1.82, 2.24) is 14.5 Å². The third kappa shape index (κ3) is 2.77. The predicted octanol–water partition coefficient (Wildman–Crippen LogP) is 1.82. The molecule has 20 heavy (non-hydrogen) atoms. The second-order valence-electron chi connectivity index (χ2n) is 5.10. The van der Waals surface area contributed by atoms with Gasteiger partial charge in [0.2, 0.25) is 0 Å². The highest BCUT2D eigenvalue weighted by Gasteiger charge is 2.13. The predicted molar refractivity (Wildman–Crippen MR) is 75.8 cm³/mol. The van der Waals surface area contributed by atoms with Crippen LogP contribution in [-0.2, 0) is 20.1 Å². The Hall–Kier alpha value is -2.01. The Bertz CT molecular complexity index is 595. The molecule has 0 radical (unpaired) electrons. The van der Waals surface area contributed by atoms with Gasteiger partial charge in [-0.15, -0.1) is 0 Å². The largest absolute Gasteiger partial charge is 0.486 e. The standard InChI is InChI=1S/C15H19N3O2/c1-17(11-15-16-5-6-18(15)2)10-12-3-4-13-14(9-12)20-8-7-19-13/h3-6,9H,7-8,10-11H2,1-2H3. The number of hydrogen-bond donors (Lipinski definition) is 0. The van der Waals surface area contributed by atoms with E-state index >= 15 is 0 Å². The number of rotatable bonds is 4. The Balaban J connectivity index is 1.66. The summed E-state index contributed by atoms with van der Waals surface area (Å²) >= 11 is 0. The second kappa shape index (κ2) is 5.54. The van der Waals surface area contributed by atoms with Crippen molar-refractivity contribution in [3.05, 3.63) is 42.0 Å². The zero-order chi connectivity index (χ0) is 13.9. The molecular formula is C15H19N3O2. The number of nitrogens with zero attached hydrogens (tertiary/aromatic N) is 3. The fraction of sp³-hybridized carbons (Fsp3) is 0.400. The summed E-state index contributed by atoms with van der Waals surface area (Å²) in [6, 6.07) is 6.13. The first-order valence-corrected chi connectivity index (χ1v) is 6.75. The molecule has 0 unspecified atom stereocenters. The van der Waals surface area contributed by atoms with E-state index in [1.807, 2.05) is 30.1 Å². The monoisotopic (exact) mass is 273 g/mol. The van der Waals surface area contributed by atoms with Gasteiger partial charge in [-0.05, 0) is 24.7 Å². The Morgan fingerprint density at radius 1 is 1.20 bits per heavy atom. The number of imidazole rings is 1. The maximum Gasteiger partial charge on any atom is 0.161 e. The van der Waals surface area contributed by atoms with Gasteiger partial charge in [-0.25, -0.2) is 4.98 Å². The smallest absolute Gasteiger partial charge is 0.161 e. The van der Waals surface area contributed by atoms with Crippen LogP contribution < -0.4 is 9.47 Å². The molecule has 0 fully saturated rings. The summed E-state index contributed by atoms with van der Waals surface area (Å²) in [5.41, 5.74) is 1.21. The second-order valence-corrected chi connectivity index (χ2v) is 5.10. The summed E-state index contributed by atoms with van der Waals surface area (Å²) in [6.07, 6.45) is 3.79. The normalized spacial score (nSPS) is 13.8. The van der Waals surface area contributed by atoms with E-state index in [-0.39, 0.29) is 0 Å². The third-order valence-electron chi connectivity index (χ3n) is 3.39. The Labute approximate surface area is 118 Å². The van der Waals surface area contributed by atoms with E-state index in [0.717, 1.165) is 30.4 Å². The number of fused-ring (bicyclic) bond motifs is 1. The van der Waals surface area contributed by atoms with Crippen molar-refractivity contribution in [3.8, 4) is 11.5 Å². The van der Waals surface area contributed by atoms with Gasteiger partial charge in [-0.2, -0.15) is 0 Å². The van der Waals surface area contributed by atoms with Crippen molar-refractivity contribution < 1.29 is 9.47 Å². The molecule has 5 nitrogen and oxygen atoms in total. The molecule has 0 atom stereocenters. The van der Waals surface area contributed by atoms with E-state index in [2.05, 4.69) is 29.1 Å². The lowest BCUT2D eigenvalue weighted by molar-refractivity contribution is 0.171. The van der Waals surface area contributed by atoms with E-state index in [1.165, 1.54) is 5.56 Å². The van der Waals surface area contributed by atoms with Crippen LogP contribution in [-0.4, -0.2) is 34.7 Å². The maximum atomic E-state index is 5.61. The molecule has 0 spiro atoms. The molecular weight excluding hydrogens is 254 g/mol. The lowest BCUT2D eigenvalue weighted by atomic mass is 10.2. The van der Waals surface area contributed by atoms with Crippen molar-refractivity contribution in [2.45, 2.75) is 13.1 Å². The molecule has 0 saturated heterocycles. The van der Waals surface area contributed by atoms with Crippen molar-refractivity contribution >= 4 is 0 Å². The SMILES string of the molecule is CN(Cc1ccc2c(c1)OCCO2)Cc1nccn1C. The molecule has 0 aliphatic carbocycles. The van der Waals surface area contributed by atoms with Gasteiger partial charge >= 0.3 is 0 Å². The van der Waals surface area contributed by atoms with Crippen LogP contribution in [0.25, 0.3) is 0 Å². The first-order chi connectivity index (χ1) is 9.72. The minimum atomic E-state index is 0.625. The molecule has 106 valence electrons. The van der Waals surface area contributed by atoms with Gasteiger partial charge in [0.25, 0.3) is 0 Å². The van der Waals surface area contributed by atoms with Gasteiger partial charge in [-0.3, -0.25) is 4.90 Å². The van der Waals surface area contributed by atoms with Crippen molar-refractivity contribution in [1.29, 1.82) is 0 Å². The van der Waals surface area contributed by atoms with Crippen LogP contribution in [0.3, 0.4) is 0 Å². The molecule has 1 aromatic heterocycles. The van der Waals surface area contributed by atoms with E-state index in [0.29, 0.717) is 13.2 Å². The quantitative estimate of drug-likeness (QED) is 0.852. The number of benzene rings is 1. The minimum absolute atomic E-state index is 0.625. The zero-order valence-electron chi connectivity index (χ0n) is 11.9. The number of aryl methyl sites for hydroxylation is 1. The van der Waals surface area contributed by atoms with E-state index < -0.39 is 0 Å². The average molecular weight is 273 g/mol. The molecule has 1 aliphatic heterocycles. The minimum Gasteiger partial charge on any atom is -0.486 e. The van der Waals surface area contributed by atoms with Crippen molar-refractivity contribution in [3.63, 3.8) is 0 Å². The average Bonchev–Trinajstić information content (AvgIpc) is 2.84. The number of aromatic nitrogens is 2. The zero-order valence-corrected chi connectivity index (χ0v) is 11.9. The highest BCUT2D eigenvalue weighted by Crippen LogP contribution is 2.31. The van der Waals surface area contributed by atoms with Crippen LogP contribution in [0.15, 0.2) is 30.6 Å². The molecule has 1 aromatic carbocycles. The molecule has 0 saturated carbocycles. The summed E-state index contributed by atoms with van der Waals surface area (Å²) in [4.78, 5) is 6.57. The van der Waals surface area contributed by atoms with Crippen molar-refractivity contribution in [2.24, 2.45) is 7.05 Å². The Morgan fingerprint density at radius 2 is 2.00 bits per heavy atom. The van der Waals surface area contributed by atoms with Gasteiger partial charge in [-0.1, -0.05) is 6.07 Å². The Kier molecular flexibility index (Phi) is 3.60. The number of hydrogen-bond acceptors (Lipinski definition) is 4. The molecule has 2 aromatic rings. The topological polar surface area (TPSA) is 39.5 Å². The molecule has 0 amide bonds. The molecule has 5 heteroatoms. The van der Waals surface area contributed by atoms with Crippen LogP contribution in [0, 0.1) is 0 Å². The Morgan fingerprint density at radius 3 is 2.75 bits per heavy atom. The summed E-state index contributed by atoms with van der Waals surface area (Å²) in [5, 5.41) is 0. The van der Waals surface area contributed by atoms with Crippen molar-refractivity contribution in [2.75, 3.05) is 20.3 Å². The molecule has 0 N–H and O–H groups in total. The van der Waals surface area contributed by atoms with Crippen LogP contribution in [0.4, 0.5) is 0 Å². The van der Waals surface area contributed by atoms with Crippen LogP contribution >= 0.6 is 0 Å². The van der Waals surface area contributed by atoms with Crippen LogP contribution in [0.2, 0.25) is 0 Å². The maximum absolute atomic E-state index is 5.61. The molecule has 0 bridgehead atoms. The first kappa shape index (κ1) is 13.0. The highest BCUT2D eigenvalue weighted by molar-refractivity contribution is 5.43. The molecule has 3 rings (SSSR count).